The predicted octanol–water partition coefficient (Wildman–Crippen LogP) is 5.47. The average Bonchev–Trinajstić information content (AvgIpc) is 2.78. The van der Waals surface area contributed by atoms with Crippen LogP contribution in [0.25, 0.3) is 0 Å². The lowest BCUT2D eigenvalue weighted by Crippen LogP contribution is -2.36. The highest BCUT2D eigenvalue weighted by molar-refractivity contribution is 6.31. The highest BCUT2D eigenvalue weighted by Gasteiger charge is 2.25. The summed E-state index contributed by atoms with van der Waals surface area (Å²) in [6.07, 6.45) is 1.60. The zero-order valence-electron chi connectivity index (χ0n) is 16.9. The standard InChI is InChI=1S/C24H21Cl2N3O2/c1-15(27-23(30)16-7-9-18(25)10-8-16)20-11-12-22-21(28-20)6-3-13-29(22)24(31)17-4-2-5-19(26)14-17/h2,4-5,7-12,14-15H,3,6,13H2,1H3,(H,27,30). The maximum absolute atomic E-state index is 13.0. The van der Waals surface area contributed by atoms with Crippen molar-refractivity contribution in [1.29, 1.82) is 0 Å². The van der Waals surface area contributed by atoms with Gasteiger partial charge >= 0.3 is 0 Å². The molecule has 5 nitrogen and oxygen atoms in total. The molecule has 0 spiro atoms. The van der Waals surface area contributed by atoms with Gasteiger partial charge in [0, 0.05) is 27.7 Å². The summed E-state index contributed by atoms with van der Waals surface area (Å²) in [5.41, 5.74) is 3.49. The van der Waals surface area contributed by atoms with E-state index in [2.05, 4.69) is 5.32 Å². The molecule has 1 N–H and O–H groups in total. The SMILES string of the molecule is CC(NC(=O)c1ccc(Cl)cc1)c1ccc2c(n1)CCCN2C(=O)c1cccc(Cl)c1. The van der Waals surface area contributed by atoms with E-state index in [9.17, 15) is 9.59 Å². The van der Waals surface area contributed by atoms with Crippen LogP contribution in [-0.4, -0.2) is 23.3 Å². The first kappa shape index (κ1) is 21.3. The number of pyridine rings is 1. The van der Waals surface area contributed by atoms with E-state index < -0.39 is 0 Å². The summed E-state index contributed by atoms with van der Waals surface area (Å²) < 4.78 is 0. The molecule has 0 saturated carbocycles. The van der Waals surface area contributed by atoms with Gasteiger partial charge in [0.2, 0.25) is 0 Å². The van der Waals surface area contributed by atoms with Crippen molar-refractivity contribution in [3.8, 4) is 0 Å². The number of aromatic nitrogens is 1. The summed E-state index contributed by atoms with van der Waals surface area (Å²) in [7, 11) is 0. The first-order valence-corrected chi connectivity index (χ1v) is 10.8. The lowest BCUT2D eigenvalue weighted by molar-refractivity contribution is 0.0938. The lowest BCUT2D eigenvalue weighted by Gasteiger charge is -2.29. The number of halogens is 2. The molecule has 31 heavy (non-hydrogen) atoms. The Hall–Kier alpha value is -2.89. The van der Waals surface area contributed by atoms with Gasteiger partial charge in [0.05, 0.1) is 23.1 Å². The maximum atomic E-state index is 13.0. The van der Waals surface area contributed by atoms with E-state index >= 15 is 0 Å². The van der Waals surface area contributed by atoms with Crippen LogP contribution in [0.15, 0.2) is 60.7 Å². The van der Waals surface area contributed by atoms with Crippen molar-refractivity contribution in [2.24, 2.45) is 0 Å². The van der Waals surface area contributed by atoms with Crippen LogP contribution in [0.3, 0.4) is 0 Å². The van der Waals surface area contributed by atoms with Crippen LogP contribution in [0, 0.1) is 0 Å². The van der Waals surface area contributed by atoms with E-state index in [-0.39, 0.29) is 17.9 Å². The Morgan fingerprint density at radius 3 is 2.52 bits per heavy atom. The van der Waals surface area contributed by atoms with Crippen molar-refractivity contribution in [3.63, 3.8) is 0 Å². The number of anilines is 1. The summed E-state index contributed by atoms with van der Waals surface area (Å²) in [6, 6.07) is 17.2. The molecular weight excluding hydrogens is 433 g/mol. The number of nitrogens with one attached hydrogen (secondary N) is 1. The molecule has 2 heterocycles. The zero-order valence-corrected chi connectivity index (χ0v) is 18.5. The molecule has 0 aliphatic carbocycles. The van der Waals surface area contributed by atoms with E-state index in [1.807, 2.05) is 19.1 Å². The van der Waals surface area contributed by atoms with Crippen LogP contribution in [0.2, 0.25) is 10.0 Å². The Balaban J connectivity index is 1.53. The molecule has 1 aliphatic rings. The normalized spacial score (nSPS) is 14.0. The van der Waals surface area contributed by atoms with Crippen molar-refractivity contribution in [1.82, 2.24) is 10.3 Å². The third kappa shape index (κ3) is 4.73. The van der Waals surface area contributed by atoms with Crippen LogP contribution in [0.1, 0.15) is 51.5 Å². The van der Waals surface area contributed by atoms with Gasteiger partial charge in [-0.2, -0.15) is 0 Å². The second-order valence-corrected chi connectivity index (χ2v) is 8.35. The first-order valence-electron chi connectivity index (χ1n) is 10.1. The van der Waals surface area contributed by atoms with Gasteiger partial charge in [-0.15, -0.1) is 0 Å². The molecule has 0 fully saturated rings. The van der Waals surface area contributed by atoms with Crippen LogP contribution >= 0.6 is 23.2 Å². The third-order valence-corrected chi connectivity index (χ3v) is 5.76. The van der Waals surface area contributed by atoms with Gasteiger partial charge in [0.15, 0.2) is 0 Å². The highest BCUT2D eigenvalue weighted by Crippen LogP contribution is 2.29. The summed E-state index contributed by atoms with van der Waals surface area (Å²) in [5.74, 6) is -0.288. The van der Waals surface area contributed by atoms with Crippen LogP contribution < -0.4 is 10.2 Å². The number of fused-ring (bicyclic) bond motifs is 1. The van der Waals surface area contributed by atoms with Crippen molar-refractivity contribution in [2.75, 3.05) is 11.4 Å². The smallest absolute Gasteiger partial charge is 0.258 e. The van der Waals surface area contributed by atoms with E-state index in [0.717, 1.165) is 29.9 Å². The molecule has 1 atom stereocenters. The van der Waals surface area contributed by atoms with E-state index in [1.54, 1.807) is 53.4 Å². The summed E-state index contributed by atoms with van der Waals surface area (Å²) in [4.78, 5) is 32.1. The molecule has 2 amide bonds. The van der Waals surface area contributed by atoms with Crippen molar-refractivity contribution >= 4 is 40.7 Å². The van der Waals surface area contributed by atoms with Gasteiger partial charge in [0.1, 0.15) is 0 Å². The minimum atomic E-state index is -0.285. The fourth-order valence-corrected chi connectivity index (χ4v) is 3.97. The molecule has 1 aliphatic heterocycles. The third-order valence-electron chi connectivity index (χ3n) is 5.27. The molecule has 0 bridgehead atoms. The largest absolute Gasteiger partial charge is 0.344 e. The van der Waals surface area contributed by atoms with Crippen molar-refractivity contribution in [3.05, 3.63) is 93.2 Å². The topological polar surface area (TPSA) is 62.3 Å². The monoisotopic (exact) mass is 453 g/mol. The number of amides is 2. The molecule has 3 aromatic rings. The van der Waals surface area contributed by atoms with E-state index in [1.165, 1.54) is 0 Å². The number of aryl methyl sites for hydroxylation is 1. The Morgan fingerprint density at radius 1 is 1.00 bits per heavy atom. The number of carbonyl (C=O) groups is 2. The Bertz CT molecular complexity index is 1130. The second-order valence-electron chi connectivity index (χ2n) is 7.47. The van der Waals surface area contributed by atoms with Gasteiger partial charge in [-0.1, -0.05) is 29.3 Å². The first-order chi connectivity index (χ1) is 14.9. The second kappa shape index (κ2) is 9.08. The molecule has 0 saturated heterocycles. The van der Waals surface area contributed by atoms with Gasteiger partial charge in [-0.25, -0.2) is 0 Å². The van der Waals surface area contributed by atoms with Gasteiger partial charge < -0.3 is 10.2 Å². The molecule has 4 rings (SSSR count). The molecule has 0 radical (unpaired) electrons. The summed E-state index contributed by atoms with van der Waals surface area (Å²) >= 11 is 11.9. The van der Waals surface area contributed by atoms with Gasteiger partial charge in [-0.3, -0.25) is 14.6 Å². The maximum Gasteiger partial charge on any atom is 0.258 e. The number of hydrogen-bond donors (Lipinski definition) is 1. The quantitative estimate of drug-likeness (QED) is 0.569. The minimum Gasteiger partial charge on any atom is -0.344 e. The Labute approximate surface area is 191 Å². The Morgan fingerprint density at radius 2 is 1.77 bits per heavy atom. The van der Waals surface area contributed by atoms with Crippen molar-refractivity contribution in [2.45, 2.75) is 25.8 Å². The number of rotatable bonds is 4. The molecule has 1 unspecified atom stereocenters. The number of benzene rings is 2. The predicted molar refractivity (Wildman–Crippen MR) is 123 cm³/mol. The van der Waals surface area contributed by atoms with Crippen LogP contribution in [-0.2, 0) is 6.42 Å². The summed E-state index contributed by atoms with van der Waals surface area (Å²) in [5, 5.41) is 4.08. The van der Waals surface area contributed by atoms with Gasteiger partial charge in [-0.05, 0) is 74.4 Å². The lowest BCUT2D eigenvalue weighted by atomic mass is 10.0. The zero-order chi connectivity index (χ0) is 22.0. The number of hydrogen-bond acceptors (Lipinski definition) is 3. The summed E-state index contributed by atoms with van der Waals surface area (Å²) in [6.45, 7) is 2.52. The fraction of sp³-hybridized carbons (Fsp3) is 0.208. The molecule has 158 valence electrons. The average molecular weight is 454 g/mol. The van der Waals surface area contributed by atoms with Crippen molar-refractivity contribution < 1.29 is 9.59 Å². The van der Waals surface area contributed by atoms with E-state index in [4.69, 9.17) is 28.2 Å². The minimum absolute atomic E-state index is 0.0953. The van der Waals surface area contributed by atoms with E-state index in [0.29, 0.717) is 27.7 Å². The molecular formula is C24H21Cl2N3O2. The Kier molecular flexibility index (Phi) is 6.25. The van der Waals surface area contributed by atoms with Crippen LogP contribution in [0.4, 0.5) is 5.69 Å². The fourth-order valence-electron chi connectivity index (χ4n) is 3.65. The highest BCUT2D eigenvalue weighted by atomic mass is 35.5. The molecule has 7 heteroatoms. The number of nitrogens with zero attached hydrogens (tertiary/aromatic N) is 2. The van der Waals surface area contributed by atoms with Crippen LogP contribution in [0.5, 0.6) is 0 Å². The number of carbonyl (C=O) groups excluding carboxylic acids is 2. The molecule has 2 aromatic carbocycles. The van der Waals surface area contributed by atoms with Gasteiger partial charge in [0.25, 0.3) is 11.8 Å². The molecule has 1 aromatic heterocycles.